The largest absolute Gasteiger partial charge is 0.508 e. The Labute approximate surface area is 95.2 Å². The molecule has 82 valence electrons. The molecule has 0 unspecified atom stereocenters. The van der Waals surface area contributed by atoms with Crippen molar-refractivity contribution in [3.63, 3.8) is 0 Å². The third-order valence-corrected chi connectivity index (χ3v) is 2.89. The van der Waals surface area contributed by atoms with Gasteiger partial charge >= 0.3 is 0 Å². The summed E-state index contributed by atoms with van der Waals surface area (Å²) >= 11 is 1.24. The third kappa shape index (κ3) is 2.09. The summed E-state index contributed by atoms with van der Waals surface area (Å²) in [6, 6.07) is 3.69. The van der Waals surface area contributed by atoms with Gasteiger partial charge in [0.1, 0.15) is 22.3 Å². The fourth-order valence-corrected chi connectivity index (χ4v) is 2.11. The molecule has 1 heterocycles. The lowest BCUT2D eigenvalue weighted by Gasteiger charge is -1.98. The van der Waals surface area contributed by atoms with Crippen molar-refractivity contribution in [3.8, 4) is 16.3 Å². The van der Waals surface area contributed by atoms with E-state index in [-0.39, 0.29) is 11.5 Å². The van der Waals surface area contributed by atoms with Crippen molar-refractivity contribution in [1.29, 1.82) is 0 Å². The second kappa shape index (κ2) is 4.02. The minimum absolute atomic E-state index is 0.136. The molecule has 0 fully saturated rings. The molecule has 3 nitrogen and oxygen atoms in total. The van der Waals surface area contributed by atoms with Crippen molar-refractivity contribution in [2.24, 2.45) is 0 Å². The summed E-state index contributed by atoms with van der Waals surface area (Å²) in [5.41, 5.74) is 0.818. The van der Waals surface area contributed by atoms with Crippen molar-refractivity contribution in [1.82, 2.24) is 4.98 Å². The van der Waals surface area contributed by atoms with Crippen LogP contribution in [0.5, 0.6) is 5.75 Å². The van der Waals surface area contributed by atoms with E-state index in [4.69, 9.17) is 0 Å². The maximum absolute atomic E-state index is 13.0. The van der Waals surface area contributed by atoms with Gasteiger partial charge < -0.3 is 5.11 Å². The molecule has 1 aromatic carbocycles. The predicted molar refractivity (Wildman–Crippen MR) is 59.2 cm³/mol. The number of carbonyl (C=O) groups excluding carboxylic acids is 1. The van der Waals surface area contributed by atoms with E-state index in [1.54, 1.807) is 5.38 Å². The normalized spacial score (nSPS) is 10.4. The highest BCUT2D eigenvalue weighted by Crippen LogP contribution is 2.27. The lowest BCUT2D eigenvalue weighted by molar-refractivity contribution is 0.101. The zero-order chi connectivity index (χ0) is 11.7. The molecule has 0 atom stereocenters. The third-order valence-electron chi connectivity index (χ3n) is 1.99. The number of halogens is 1. The van der Waals surface area contributed by atoms with E-state index >= 15 is 0 Å². The van der Waals surface area contributed by atoms with E-state index in [2.05, 4.69) is 4.98 Å². The van der Waals surface area contributed by atoms with Crippen LogP contribution in [0.3, 0.4) is 0 Å². The first-order valence-electron chi connectivity index (χ1n) is 4.52. The topological polar surface area (TPSA) is 50.2 Å². The number of aromatic nitrogens is 1. The summed E-state index contributed by atoms with van der Waals surface area (Å²) in [7, 11) is 0. The Balaban J connectivity index is 2.46. The SMILES string of the molecule is CC(=O)c1csc(-c2cc(O)cc(F)c2)n1. The molecule has 0 spiro atoms. The van der Waals surface area contributed by atoms with Crippen LogP contribution in [0.2, 0.25) is 0 Å². The molecular formula is C11H8FNO2S. The summed E-state index contributed by atoms with van der Waals surface area (Å²) in [5, 5.41) is 11.4. The second-order valence-corrected chi connectivity index (χ2v) is 4.15. The van der Waals surface area contributed by atoms with Gasteiger partial charge in [0.25, 0.3) is 0 Å². The van der Waals surface area contributed by atoms with Crippen LogP contribution in [0, 0.1) is 5.82 Å². The molecule has 1 aromatic heterocycles. The summed E-state index contributed by atoms with van der Waals surface area (Å²) in [5.74, 6) is -0.827. The van der Waals surface area contributed by atoms with Gasteiger partial charge in [-0.2, -0.15) is 0 Å². The van der Waals surface area contributed by atoms with E-state index in [0.29, 0.717) is 16.3 Å². The number of Topliss-reactive ketones (excluding diaryl/α,β-unsaturated/α-hetero) is 1. The lowest BCUT2D eigenvalue weighted by atomic mass is 10.2. The maximum atomic E-state index is 13.0. The second-order valence-electron chi connectivity index (χ2n) is 3.29. The Kier molecular flexibility index (Phi) is 2.70. The average Bonchev–Trinajstić information content (AvgIpc) is 2.64. The van der Waals surface area contributed by atoms with Gasteiger partial charge in [0, 0.05) is 23.9 Å². The number of ketones is 1. The van der Waals surface area contributed by atoms with Gasteiger partial charge in [-0.15, -0.1) is 11.3 Å². The Bertz CT molecular complexity index is 530. The van der Waals surface area contributed by atoms with Gasteiger partial charge in [-0.05, 0) is 12.1 Å². The fraction of sp³-hybridized carbons (Fsp3) is 0.0909. The summed E-state index contributed by atoms with van der Waals surface area (Å²) in [6.45, 7) is 1.42. The molecule has 0 amide bonds. The molecule has 2 aromatic rings. The molecule has 0 aliphatic heterocycles. The van der Waals surface area contributed by atoms with E-state index in [0.717, 1.165) is 6.07 Å². The van der Waals surface area contributed by atoms with E-state index in [1.807, 2.05) is 0 Å². The molecule has 0 aliphatic rings. The van der Waals surface area contributed by atoms with Crippen LogP contribution in [0.15, 0.2) is 23.6 Å². The zero-order valence-corrected chi connectivity index (χ0v) is 9.21. The number of aromatic hydroxyl groups is 1. The van der Waals surface area contributed by atoms with Crippen molar-refractivity contribution >= 4 is 17.1 Å². The van der Waals surface area contributed by atoms with E-state index in [9.17, 15) is 14.3 Å². The molecule has 0 saturated heterocycles. The van der Waals surface area contributed by atoms with Crippen LogP contribution >= 0.6 is 11.3 Å². The van der Waals surface area contributed by atoms with Crippen LogP contribution < -0.4 is 0 Å². The highest BCUT2D eigenvalue weighted by atomic mass is 32.1. The summed E-state index contributed by atoms with van der Waals surface area (Å²) in [6.07, 6.45) is 0. The first-order valence-corrected chi connectivity index (χ1v) is 5.40. The standard InChI is InChI=1S/C11H8FNO2S/c1-6(14)10-5-16-11(13-10)7-2-8(12)4-9(15)3-7/h2-5,15H,1H3. The summed E-state index contributed by atoms with van der Waals surface area (Å²) in [4.78, 5) is 15.1. The number of phenols is 1. The fourth-order valence-electron chi connectivity index (χ4n) is 1.27. The molecule has 0 bridgehead atoms. The Morgan fingerprint density at radius 1 is 1.44 bits per heavy atom. The average molecular weight is 237 g/mol. The minimum atomic E-state index is -0.533. The number of hydrogen-bond donors (Lipinski definition) is 1. The molecule has 5 heteroatoms. The van der Waals surface area contributed by atoms with Crippen LogP contribution in [0.4, 0.5) is 4.39 Å². The molecule has 0 radical (unpaired) electrons. The minimum Gasteiger partial charge on any atom is -0.508 e. The van der Waals surface area contributed by atoms with E-state index < -0.39 is 5.82 Å². The highest BCUT2D eigenvalue weighted by molar-refractivity contribution is 7.13. The smallest absolute Gasteiger partial charge is 0.178 e. The van der Waals surface area contributed by atoms with Gasteiger partial charge in [0.05, 0.1) is 0 Å². The number of thiazole rings is 1. The number of nitrogens with zero attached hydrogens (tertiary/aromatic N) is 1. The molecular weight excluding hydrogens is 229 g/mol. The Hall–Kier alpha value is -1.75. The van der Waals surface area contributed by atoms with Gasteiger partial charge in [-0.25, -0.2) is 9.37 Å². The molecule has 16 heavy (non-hydrogen) atoms. The Morgan fingerprint density at radius 2 is 2.19 bits per heavy atom. The van der Waals surface area contributed by atoms with Crippen molar-refractivity contribution < 1.29 is 14.3 Å². The number of phenolic OH excluding ortho intramolecular Hbond substituents is 1. The van der Waals surface area contributed by atoms with E-state index in [1.165, 1.54) is 30.4 Å². The lowest BCUT2D eigenvalue weighted by Crippen LogP contribution is -1.91. The number of benzene rings is 1. The number of carbonyl (C=O) groups is 1. The first kappa shape index (κ1) is 10.8. The van der Waals surface area contributed by atoms with Crippen molar-refractivity contribution in [3.05, 3.63) is 35.1 Å². The molecule has 0 aliphatic carbocycles. The molecule has 1 N–H and O–H groups in total. The number of hydrogen-bond acceptors (Lipinski definition) is 4. The van der Waals surface area contributed by atoms with Crippen LogP contribution in [-0.4, -0.2) is 15.9 Å². The van der Waals surface area contributed by atoms with Gasteiger partial charge in [0.15, 0.2) is 5.78 Å². The predicted octanol–water partition coefficient (Wildman–Crippen LogP) is 2.86. The maximum Gasteiger partial charge on any atom is 0.178 e. The van der Waals surface area contributed by atoms with Crippen LogP contribution in [-0.2, 0) is 0 Å². The zero-order valence-electron chi connectivity index (χ0n) is 8.40. The Morgan fingerprint density at radius 3 is 2.75 bits per heavy atom. The van der Waals surface area contributed by atoms with Gasteiger partial charge in [-0.1, -0.05) is 0 Å². The first-order chi connectivity index (χ1) is 7.56. The molecule has 2 rings (SSSR count). The van der Waals surface area contributed by atoms with Crippen molar-refractivity contribution in [2.75, 3.05) is 0 Å². The quantitative estimate of drug-likeness (QED) is 0.817. The monoisotopic (exact) mass is 237 g/mol. The number of rotatable bonds is 2. The highest BCUT2D eigenvalue weighted by Gasteiger charge is 2.09. The van der Waals surface area contributed by atoms with Crippen LogP contribution in [0.25, 0.3) is 10.6 Å². The van der Waals surface area contributed by atoms with Gasteiger partial charge in [-0.3, -0.25) is 4.79 Å². The molecule has 0 saturated carbocycles. The van der Waals surface area contributed by atoms with Crippen LogP contribution in [0.1, 0.15) is 17.4 Å². The van der Waals surface area contributed by atoms with Crippen molar-refractivity contribution in [2.45, 2.75) is 6.92 Å². The van der Waals surface area contributed by atoms with Gasteiger partial charge in [0.2, 0.25) is 0 Å². The summed E-state index contributed by atoms with van der Waals surface area (Å²) < 4.78 is 13.0.